The molecule has 1 spiro atoms. The first kappa shape index (κ1) is 21.7. The second-order valence-corrected chi connectivity index (χ2v) is 11.5. The number of carbonyl (C=O) groups is 2. The number of hydrogen-bond acceptors (Lipinski definition) is 7. The highest BCUT2D eigenvalue weighted by atomic mass is 16.8. The van der Waals surface area contributed by atoms with Crippen LogP contribution in [0.1, 0.15) is 72.6 Å². The maximum atomic E-state index is 12.7. The zero-order valence-corrected chi connectivity index (χ0v) is 19.0. The summed E-state index contributed by atoms with van der Waals surface area (Å²) in [7, 11) is 0. The molecule has 2 heterocycles. The van der Waals surface area contributed by atoms with E-state index in [1.165, 1.54) is 0 Å². The Balaban J connectivity index is 1.68. The van der Waals surface area contributed by atoms with E-state index in [1.54, 1.807) is 0 Å². The third kappa shape index (κ3) is 2.63. The quantitative estimate of drug-likeness (QED) is 0.656. The molecular formula is C24H36O7. The lowest BCUT2D eigenvalue weighted by Crippen LogP contribution is -2.73. The predicted molar refractivity (Wildman–Crippen MR) is 109 cm³/mol. The minimum absolute atomic E-state index is 0.0387. The lowest BCUT2D eigenvalue weighted by atomic mass is 9.37. The summed E-state index contributed by atoms with van der Waals surface area (Å²) in [5.74, 6) is -1.60. The van der Waals surface area contributed by atoms with Crippen LogP contribution in [0.25, 0.3) is 0 Å². The van der Waals surface area contributed by atoms with Crippen molar-refractivity contribution in [1.82, 2.24) is 0 Å². The van der Waals surface area contributed by atoms with Crippen LogP contribution in [0, 0.1) is 39.9 Å². The maximum absolute atomic E-state index is 12.7. The summed E-state index contributed by atoms with van der Waals surface area (Å²) in [6.45, 7) is 8.53. The molecule has 0 aromatic carbocycles. The lowest BCUT2D eigenvalue weighted by molar-refractivity contribution is -0.308. The first-order valence-corrected chi connectivity index (χ1v) is 12.0. The molecule has 2 N–H and O–H groups in total. The van der Waals surface area contributed by atoms with Crippen molar-refractivity contribution in [2.75, 3.05) is 0 Å². The average Bonchev–Trinajstić information content (AvgIpc) is 3.14. The predicted octanol–water partition coefficient (Wildman–Crippen LogP) is 2.77. The van der Waals surface area contributed by atoms with E-state index in [2.05, 4.69) is 20.8 Å². The zero-order valence-electron chi connectivity index (χ0n) is 19.0. The normalized spacial score (nSPS) is 52.0. The van der Waals surface area contributed by atoms with E-state index >= 15 is 0 Å². The van der Waals surface area contributed by atoms with Crippen LogP contribution >= 0.6 is 0 Å². The lowest BCUT2D eigenvalue weighted by Gasteiger charge is -2.68. The Morgan fingerprint density at radius 2 is 1.94 bits per heavy atom. The van der Waals surface area contributed by atoms with Gasteiger partial charge >= 0.3 is 11.9 Å². The number of rotatable bonds is 3. The van der Waals surface area contributed by atoms with Gasteiger partial charge in [-0.25, -0.2) is 0 Å². The fourth-order valence-electron chi connectivity index (χ4n) is 8.86. The third-order valence-corrected chi connectivity index (χ3v) is 9.64. The number of esters is 2. The van der Waals surface area contributed by atoms with Gasteiger partial charge in [-0.15, -0.1) is 0 Å². The van der Waals surface area contributed by atoms with E-state index in [1.807, 2.05) is 6.92 Å². The third-order valence-electron chi connectivity index (χ3n) is 9.64. The molecule has 7 heteroatoms. The molecule has 2 aliphatic heterocycles. The van der Waals surface area contributed by atoms with Gasteiger partial charge in [-0.05, 0) is 54.8 Å². The van der Waals surface area contributed by atoms with Crippen molar-refractivity contribution < 1.29 is 34.0 Å². The van der Waals surface area contributed by atoms with E-state index in [-0.39, 0.29) is 41.0 Å². The maximum Gasteiger partial charge on any atom is 0.311 e. The Morgan fingerprint density at radius 1 is 1.19 bits per heavy atom. The number of fused-ring (bicyclic) bond motifs is 2. The van der Waals surface area contributed by atoms with Gasteiger partial charge in [0.05, 0.1) is 17.4 Å². The van der Waals surface area contributed by atoms with E-state index < -0.39 is 42.0 Å². The van der Waals surface area contributed by atoms with Gasteiger partial charge in [-0.3, -0.25) is 9.59 Å². The van der Waals surface area contributed by atoms with E-state index in [0.29, 0.717) is 12.8 Å². The Bertz CT molecular complexity index is 780. The summed E-state index contributed by atoms with van der Waals surface area (Å²) in [5, 5.41) is 23.2. The molecule has 31 heavy (non-hydrogen) atoms. The number of hydrogen-bond donors (Lipinski definition) is 2. The zero-order chi connectivity index (χ0) is 22.3. The molecule has 7 nitrogen and oxygen atoms in total. The van der Waals surface area contributed by atoms with Crippen molar-refractivity contribution in [2.45, 2.75) is 97.4 Å². The number of ether oxygens (including phenoxy) is 3. The summed E-state index contributed by atoms with van der Waals surface area (Å²) in [6.07, 6.45) is 1.31. The smallest absolute Gasteiger partial charge is 0.311 e. The van der Waals surface area contributed by atoms with Crippen molar-refractivity contribution in [3.8, 4) is 0 Å². The first-order valence-electron chi connectivity index (χ1n) is 12.0. The van der Waals surface area contributed by atoms with Gasteiger partial charge in [-0.1, -0.05) is 34.1 Å². The molecular weight excluding hydrogens is 400 g/mol. The van der Waals surface area contributed by atoms with E-state index in [4.69, 9.17) is 14.2 Å². The van der Waals surface area contributed by atoms with Crippen molar-refractivity contribution >= 4 is 11.9 Å². The van der Waals surface area contributed by atoms with E-state index in [9.17, 15) is 19.8 Å². The molecule has 0 amide bonds. The molecule has 10 unspecified atom stereocenters. The van der Waals surface area contributed by atoms with Crippen molar-refractivity contribution in [1.29, 1.82) is 0 Å². The van der Waals surface area contributed by atoms with Crippen LogP contribution in [0.4, 0.5) is 0 Å². The molecule has 10 atom stereocenters. The Labute approximate surface area is 183 Å². The first-order chi connectivity index (χ1) is 14.6. The molecule has 174 valence electrons. The number of aliphatic hydroxyl groups is 2. The van der Waals surface area contributed by atoms with Crippen LogP contribution in [0.15, 0.2) is 0 Å². The fraction of sp³-hybridized carbons (Fsp3) is 0.917. The molecule has 3 saturated carbocycles. The highest BCUT2D eigenvalue weighted by Gasteiger charge is 2.80. The van der Waals surface area contributed by atoms with Crippen molar-refractivity contribution in [3.63, 3.8) is 0 Å². The minimum atomic E-state index is -1.25. The van der Waals surface area contributed by atoms with Gasteiger partial charge in [0.1, 0.15) is 6.10 Å². The standard InChI is InChI=1S/C24H36O7/c1-5-7-14(25)29-18-16(26)17-22(2,3)10-6-11-23(17,4)13-9-8-12-15-20(30-19(12)27)31-21(28)24(13,15)18/h12-13,15-18,20-21,26,28H,5-11H2,1-4H3. The van der Waals surface area contributed by atoms with Gasteiger partial charge in [0, 0.05) is 12.3 Å². The second-order valence-electron chi connectivity index (χ2n) is 11.5. The molecule has 0 radical (unpaired) electrons. The molecule has 5 rings (SSSR count). The van der Waals surface area contributed by atoms with Crippen LogP contribution in [0.5, 0.6) is 0 Å². The van der Waals surface area contributed by atoms with Crippen LogP contribution < -0.4 is 0 Å². The minimum Gasteiger partial charge on any atom is -0.459 e. The van der Waals surface area contributed by atoms with Gasteiger partial charge in [0.2, 0.25) is 6.29 Å². The summed E-state index contributed by atoms with van der Waals surface area (Å²) in [5.41, 5.74) is -1.43. The number of aliphatic hydroxyl groups excluding tert-OH is 2. The van der Waals surface area contributed by atoms with Gasteiger partial charge < -0.3 is 24.4 Å². The van der Waals surface area contributed by atoms with Crippen LogP contribution in [-0.4, -0.2) is 46.9 Å². The van der Waals surface area contributed by atoms with Crippen LogP contribution in [0.3, 0.4) is 0 Å². The Kier molecular flexibility index (Phi) is 4.83. The van der Waals surface area contributed by atoms with Crippen LogP contribution in [0.2, 0.25) is 0 Å². The highest BCUT2D eigenvalue weighted by Crippen LogP contribution is 2.73. The monoisotopic (exact) mass is 436 g/mol. The largest absolute Gasteiger partial charge is 0.459 e. The van der Waals surface area contributed by atoms with Gasteiger partial charge in [0.25, 0.3) is 0 Å². The van der Waals surface area contributed by atoms with Crippen LogP contribution in [-0.2, 0) is 23.8 Å². The molecule has 5 fully saturated rings. The Morgan fingerprint density at radius 3 is 2.65 bits per heavy atom. The average molecular weight is 437 g/mol. The molecule has 0 aromatic rings. The second kappa shape index (κ2) is 6.91. The topological polar surface area (TPSA) is 102 Å². The fourth-order valence-corrected chi connectivity index (χ4v) is 8.86. The number of carbonyl (C=O) groups excluding carboxylic acids is 2. The van der Waals surface area contributed by atoms with Gasteiger partial charge in [-0.2, -0.15) is 0 Å². The SMILES string of the molecule is CCCC(=O)OC1C(O)C2C(C)(C)CCCC2(C)C2CCC3C(=O)OC4OC(O)C12C43. The molecule has 0 aromatic heterocycles. The molecule has 5 aliphatic rings. The Hall–Kier alpha value is -1.18. The van der Waals surface area contributed by atoms with E-state index in [0.717, 1.165) is 25.7 Å². The van der Waals surface area contributed by atoms with Crippen molar-refractivity contribution in [2.24, 2.45) is 39.9 Å². The van der Waals surface area contributed by atoms with Crippen molar-refractivity contribution in [3.05, 3.63) is 0 Å². The summed E-state index contributed by atoms with van der Waals surface area (Å²) in [6, 6.07) is 0. The molecule has 2 saturated heterocycles. The molecule has 0 bridgehead atoms. The summed E-state index contributed by atoms with van der Waals surface area (Å²) in [4.78, 5) is 25.3. The highest BCUT2D eigenvalue weighted by molar-refractivity contribution is 5.76. The summed E-state index contributed by atoms with van der Waals surface area (Å²) < 4.78 is 17.4. The summed E-state index contributed by atoms with van der Waals surface area (Å²) >= 11 is 0. The molecule has 3 aliphatic carbocycles. The van der Waals surface area contributed by atoms with Gasteiger partial charge in [0.15, 0.2) is 6.29 Å².